The third kappa shape index (κ3) is 5.76. The molecule has 3 aliphatic rings. The molecule has 3 N–H and O–H groups in total. The summed E-state index contributed by atoms with van der Waals surface area (Å²) in [5, 5.41) is 13.0. The number of benzene rings is 2. The van der Waals surface area contributed by atoms with Crippen LogP contribution >= 0.6 is 0 Å². The first-order valence-electron chi connectivity index (χ1n) is 13.9. The normalized spacial score (nSPS) is 22.1. The van der Waals surface area contributed by atoms with Gasteiger partial charge in [-0.2, -0.15) is 0 Å². The number of aryl methyl sites for hydroxylation is 1. The van der Waals surface area contributed by atoms with Crippen molar-refractivity contribution in [1.29, 1.82) is 0 Å². The molecule has 2 saturated heterocycles. The molecule has 5 rings (SSSR count). The molecule has 9 heteroatoms. The van der Waals surface area contributed by atoms with Crippen molar-refractivity contribution in [3.8, 4) is 5.75 Å². The Labute approximate surface area is 225 Å². The van der Waals surface area contributed by atoms with Gasteiger partial charge in [-0.25, -0.2) is 13.9 Å². The molecule has 3 fully saturated rings. The molecular formula is C29H39N3O5S. The number of sulfone groups is 1. The maximum Gasteiger partial charge on any atom is 0.265 e. The van der Waals surface area contributed by atoms with Crippen molar-refractivity contribution in [3.63, 3.8) is 0 Å². The first-order valence-corrected chi connectivity index (χ1v) is 15.4. The molecule has 38 heavy (non-hydrogen) atoms. The Morgan fingerprint density at radius 1 is 1.08 bits per heavy atom. The second kappa shape index (κ2) is 11.7. The van der Waals surface area contributed by atoms with Gasteiger partial charge in [0.2, 0.25) is 0 Å². The Kier molecular flexibility index (Phi) is 8.38. The molecule has 2 aromatic carbocycles. The number of amides is 1. The van der Waals surface area contributed by atoms with Crippen molar-refractivity contribution < 1.29 is 23.2 Å². The van der Waals surface area contributed by atoms with E-state index in [0.29, 0.717) is 37.5 Å². The van der Waals surface area contributed by atoms with Crippen LogP contribution in [0, 0.1) is 0 Å². The fourth-order valence-corrected chi connectivity index (χ4v) is 7.87. The summed E-state index contributed by atoms with van der Waals surface area (Å²) in [6.45, 7) is 2.65. The number of hydrogen-bond acceptors (Lipinski definition) is 7. The Hall–Kier alpha value is -2.46. The molecule has 0 spiro atoms. The lowest BCUT2D eigenvalue weighted by Crippen LogP contribution is -2.58. The second-order valence-corrected chi connectivity index (χ2v) is 13.1. The smallest absolute Gasteiger partial charge is 0.265 e. The highest BCUT2D eigenvalue weighted by atomic mass is 32.2. The van der Waals surface area contributed by atoms with E-state index in [9.17, 15) is 18.4 Å². The van der Waals surface area contributed by atoms with Crippen molar-refractivity contribution in [2.75, 3.05) is 26.2 Å². The van der Waals surface area contributed by atoms with E-state index in [2.05, 4.69) is 34.5 Å². The van der Waals surface area contributed by atoms with Crippen LogP contribution in [0.15, 0.2) is 53.4 Å². The van der Waals surface area contributed by atoms with E-state index >= 15 is 0 Å². The van der Waals surface area contributed by atoms with Gasteiger partial charge in [0, 0.05) is 25.2 Å². The minimum absolute atomic E-state index is 0.0708. The van der Waals surface area contributed by atoms with Crippen LogP contribution in [0.4, 0.5) is 0 Å². The molecule has 2 heterocycles. The van der Waals surface area contributed by atoms with Gasteiger partial charge in [-0.05, 0) is 93.3 Å². The summed E-state index contributed by atoms with van der Waals surface area (Å²) < 4.78 is 31.5. The third-order valence-electron chi connectivity index (χ3n) is 8.38. The van der Waals surface area contributed by atoms with Crippen LogP contribution in [0.3, 0.4) is 0 Å². The molecule has 8 nitrogen and oxygen atoms in total. The predicted octanol–water partition coefficient (Wildman–Crippen LogP) is 3.79. The van der Waals surface area contributed by atoms with Gasteiger partial charge < -0.3 is 15.0 Å². The molecule has 1 amide bonds. The van der Waals surface area contributed by atoms with Crippen LogP contribution in [-0.2, 0) is 21.1 Å². The number of nitrogens with zero attached hydrogens (tertiary/aromatic N) is 1. The molecule has 1 unspecified atom stereocenters. The highest BCUT2D eigenvalue weighted by molar-refractivity contribution is 7.93. The maximum atomic E-state index is 13.6. The molecular weight excluding hydrogens is 502 g/mol. The lowest BCUT2D eigenvalue weighted by molar-refractivity contribution is -0.133. The summed E-state index contributed by atoms with van der Waals surface area (Å²) in [5.41, 5.74) is 4.27. The van der Waals surface area contributed by atoms with E-state index in [4.69, 9.17) is 4.74 Å². The topological polar surface area (TPSA) is 108 Å². The zero-order valence-electron chi connectivity index (χ0n) is 21.9. The van der Waals surface area contributed by atoms with Crippen LogP contribution < -0.4 is 15.5 Å². The molecule has 2 aromatic rings. The highest BCUT2D eigenvalue weighted by Crippen LogP contribution is 2.39. The molecule has 1 saturated carbocycles. The Morgan fingerprint density at radius 3 is 2.50 bits per heavy atom. The van der Waals surface area contributed by atoms with Gasteiger partial charge in [-0.1, -0.05) is 30.7 Å². The molecule has 0 bridgehead atoms. The summed E-state index contributed by atoms with van der Waals surface area (Å²) in [6, 6.07) is 16.0. The molecule has 1 atom stereocenters. The number of likely N-dealkylation sites (tertiary alicyclic amines) is 1. The number of nitrogens with one attached hydrogen (secondary N) is 2. The first kappa shape index (κ1) is 27.1. The van der Waals surface area contributed by atoms with Gasteiger partial charge in [-0.15, -0.1) is 0 Å². The summed E-state index contributed by atoms with van der Waals surface area (Å²) >= 11 is 0. The standard InChI is InChI=1S/C29H39N3O5S/c33-28(31-34)29(15-18-32(19-16-29)24-9-10-24)38(35,36)26-13-11-25(12-14-26)37-20-4-6-22-5-3-7-23(21-22)27-8-1-2-17-30-27/h3,5,7,11-14,21,24,27,30,34H,1-2,4,6,8-10,15-20H2,(H,31,33). The van der Waals surface area contributed by atoms with Gasteiger partial charge in [0.25, 0.3) is 5.91 Å². The second-order valence-electron chi connectivity index (χ2n) is 10.9. The maximum absolute atomic E-state index is 13.6. The van der Waals surface area contributed by atoms with Crippen LogP contribution in [0.2, 0.25) is 0 Å². The minimum Gasteiger partial charge on any atom is -0.494 e. The number of rotatable bonds is 10. The largest absolute Gasteiger partial charge is 0.494 e. The van der Waals surface area contributed by atoms with Gasteiger partial charge >= 0.3 is 0 Å². The third-order valence-corrected chi connectivity index (χ3v) is 10.9. The summed E-state index contributed by atoms with van der Waals surface area (Å²) in [5.74, 6) is -0.259. The molecule has 0 aromatic heterocycles. The van der Waals surface area contributed by atoms with Crippen molar-refractivity contribution in [3.05, 3.63) is 59.7 Å². The van der Waals surface area contributed by atoms with Crippen molar-refractivity contribution in [2.24, 2.45) is 0 Å². The van der Waals surface area contributed by atoms with Crippen LogP contribution in [0.1, 0.15) is 68.5 Å². The minimum atomic E-state index is -4.01. The van der Waals surface area contributed by atoms with E-state index in [1.807, 2.05) is 0 Å². The van der Waals surface area contributed by atoms with Crippen molar-refractivity contribution in [1.82, 2.24) is 15.7 Å². The van der Waals surface area contributed by atoms with Crippen LogP contribution in [-0.4, -0.2) is 61.5 Å². The highest BCUT2D eigenvalue weighted by Gasteiger charge is 2.54. The summed E-state index contributed by atoms with van der Waals surface area (Å²) in [7, 11) is -4.01. The lowest BCUT2D eigenvalue weighted by atomic mass is 9.94. The number of hydroxylamine groups is 1. The number of piperidine rings is 2. The zero-order chi connectivity index (χ0) is 26.6. The monoisotopic (exact) mass is 541 g/mol. The lowest BCUT2D eigenvalue weighted by Gasteiger charge is -2.39. The van der Waals surface area contributed by atoms with Gasteiger partial charge in [0.15, 0.2) is 14.6 Å². The Bertz CT molecular complexity index is 1200. The van der Waals surface area contributed by atoms with Crippen molar-refractivity contribution >= 4 is 15.7 Å². The van der Waals surface area contributed by atoms with Crippen LogP contribution in [0.25, 0.3) is 0 Å². The SMILES string of the molecule is O=C(NO)C1(S(=O)(=O)c2ccc(OCCCc3cccc(C4CCCCN4)c3)cc2)CCN(C2CC2)CC1. The average molecular weight is 542 g/mol. The van der Waals surface area contributed by atoms with Crippen molar-refractivity contribution in [2.45, 2.75) is 79.5 Å². The fraction of sp³-hybridized carbons (Fsp3) is 0.552. The Morgan fingerprint density at radius 2 is 1.84 bits per heavy atom. The van der Waals surface area contributed by atoms with Gasteiger partial charge in [0.1, 0.15) is 5.75 Å². The number of carbonyl (C=O) groups excluding carboxylic acids is 1. The molecule has 2 aliphatic heterocycles. The quantitative estimate of drug-likeness (QED) is 0.239. The summed E-state index contributed by atoms with van der Waals surface area (Å²) in [6.07, 6.45) is 8.02. The average Bonchev–Trinajstić information content (AvgIpc) is 3.81. The molecule has 206 valence electrons. The Balaban J connectivity index is 1.17. The fourth-order valence-electron chi connectivity index (χ4n) is 5.92. The molecule has 1 aliphatic carbocycles. The van der Waals surface area contributed by atoms with Gasteiger partial charge in [0.05, 0.1) is 11.5 Å². The number of hydrogen-bond donors (Lipinski definition) is 3. The zero-order valence-corrected chi connectivity index (χ0v) is 22.7. The van der Waals surface area contributed by atoms with Gasteiger partial charge in [-0.3, -0.25) is 10.0 Å². The molecule has 0 radical (unpaired) electrons. The van der Waals surface area contributed by atoms with E-state index in [-0.39, 0.29) is 17.7 Å². The van der Waals surface area contributed by atoms with E-state index < -0.39 is 20.5 Å². The van der Waals surface area contributed by atoms with E-state index in [1.165, 1.54) is 42.5 Å². The predicted molar refractivity (Wildman–Crippen MR) is 145 cm³/mol. The van der Waals surface area contributed by atoms with E-state index in [1.54, 1.807) is 17.6 Å². The number of carbonyl (C=O) groups is 1. The van der Waals surface area contributed by atoms with Crippen LogP contribution in [0.5, 0.6) is 5.75 Å². The van der Waals surface area contributed by atoms with E-state index in [0.717, 1.165) is 32.2 Å². The number of ether oxygens (including phenoxy) is 1. The summed E-state index contributed by atoms with van der Waals surface area (Å²) in [4.78, 5) is 15.0. The first-order chi connectivity index (χ1) is 18.4.